The second-order valence-corrected chi connectivity index (χ2v) is 9.29. The largest absolute Gasteiger partial charge is 0.460 e. The normalized spacial score (nSPS) is 12.8. The number of hydrogen-bond acceptors (Lipinski definition) is 5. The number of unbranched alkanes of at least 4 members (excludes halogenated alkanes) is 6. The highest BCUT2D eigenvalue weighted by Crippen LogP contribution is 2.18. The fraction of sp³-hybridized carbons (Fsp3) is 0.724. The van der Waals surface area contributed by atoms with E-state index in [1.54, 1.807) is 11.0 Å². The summed E-state index contributed by atoms with van der Waals surface area (Å²) in [5, 5.41) is 0. The lowest BCUT2D eigenvalue weighted by Gasteiger charge is -2.27. The molecule has 0 N–H and O–H groups in total. The first-order chi connectivity index (χ1) is 16.8. The number of ether oxygens (including phenoxy) is 1. The van der Waals surface area contributed by atoms with Crippen LogP contribution in [0.25, 0.3) is 0 Å². The van der Waals surface area contributed by atoms with E-state index < -0.39 is 18.0 Å². The molecule has 1 amide bonds. The highest BCUT2D eigenvalue weighted by molar-refractivity contribution is 5.92. The summed E-state index contributed by atoms with van der Waals surface area (Å²) in [6.45, 7) is 12.4. The van der Waals surface area contributed by atoms with Gasteiger partial charge >= 0.3 is 5.97 Å². The first kappa shape index (κ1) is 32.8. The molecule has 0 aromatic rings. The Kier molecular flexibility index (Phi) is 19.7. The molecule has 0 aliphatic rings. The summed E-state index contributed by atoms with van der Waals surface area (Å²) in [7, 11) is 0. The van der Waals surface area contributed by atoms with Crippen molar-refractivity contribution >= 4 is 23.4 Å². The molecular formula is C29H49NO5. The van der Waals surface area contributed by atoms with E-state index in [-0.39, 0.29) is 36.7 Å². The Bertz CT molecular complexity index is 670. The van der Waals surface area contributed by atoms with Gasteiger partial charge in [0.25, 0.3) is 0 Å². The van der Waals surface area contributed by atoms with Crippen LogP contribution in [0, 0.1) is 5.92 Å². The summed E-state index contributed by atoms with van der Waals surface area (Å²) in [6, 6.07) is 0. The van der Waals surface area contributed by atoms with E-state index in [4.69, 9.17) is 4.74 Å². The Morgan fingerprint density at radius 1 is 0.857 bits per heavy atom. The van der Waals surface area contributed by atoms with Crippen molar-refractivity contribution in [1.29, 1.82) is 0 Å². The van der Waals surface area contributed by atoms with Gasteiger partial charge < -0.3 is 9.64 Å². The van der Waals surface area contributed by atoms with Crippen LogP contribution in [0.5, 0.6) is 0 Å². The lowest BCUT2D eigenvalue weighted by Crippen LogP contribution is -2.39. The van der Waals surface area contributed by atoms with Crippen molar-refractivity contribution in [3.05, 3.63) is 24.8 Å². The first-order valence-electron chi connectivity index (χ1n) is 13.6. The number of esters is 1. The summed E-state index contributed by atoms with van der Waals surface area (Å²) in [4.78, 5) is 51.0. The van der Waals surface area contributed by atoms with Crippen LogP contribution in [0.1, 0.15) is 111 Å². The molecule has 0 radical (unpaired) electrons. The van der Waals surface area contributed by atoms with Gasteiger partial charge in [-0.15, -0.1) is 0 Å². The molecule has 6 nitrogen and oxygen atoms in total. The molecule has 2 atom stereocenters. The molecule has 35 heavy (non-hydrogen) atoms. The lowest BCUT2D eigenvalue weighted by atomic mass is 9.92. The van der Waals surface area contributed by atoms with Crippen LogP contribution in [0.4, 0.5) is 0 Å². The minimum absolute atomic E-state index is 0.0113. The third-order valence-electron chi connectivity index (χ3n) is 6.02. The molecule has 0 heterocycles. The van der Waals surface area contributed by atoms with Gasteiger partial charge in [-0.05, 0) is 43.8 Å². The minimum Gasteiger partial charge on any atom is -0.460 e. The molecule has 0 bridgehead atoms. The lowest BCUT2D eigenvalue weighted by molar-refractivity contribution is -0.153. The van der Waals surface area contributed by atoms with Gasteiger partial charge in [0.15, 0.2) is 11.6 Å². The van der Waals surface area contributed by atoms with Gasteiger partial charge in [-0.3, -0.25) is 19.2 Å². The van der Waals surface area contributed by atoms with Crippen LogP contribution in [0.15, 0.2) is 24.8 Å². The number of nitrogens with zero attached hydrogens (tertiary/aromatic N) is 1. The fourth-order valence-corrected chi connectivity index (χ4v) is 3.97. The van der Waals surface area contributed by atoms with E-state index in [1.807, 2.05) is 26.8 Å². The van der Waals surface area contributed by atoms with Crippen molar-refractivity contribution in [3.8, 4) is 0 Å². The molecule has 0 fully saturated rings. The van der Waals surface area contributed by atoms with Crippen molar-refractivity contribution < 1.29 is 23.9 Å². The second-order valence-electron chi connectivity index (χ2n) is 9.29. The maximum atomic E-state index is 12.7. The molecule has 0 aromatic heterocycles. The van der Waals surface area contributed by atoms with Gasteiger partial charge in [-0.2, -0.15) is 0 Å². The first-order valence-corrected chi connectivity index (χ1v) is 13.6. The Morgan fingerprint density at radius 2 is 1.51 bits per heavy atom. The molecule has 1 unspecified atom stereocenters. The van der Waals surface area contributed by atoms with Crippen LogP contribution >= 0.6 is 0 Å². The van der Waals surface area contributed by atoms with Gasteiger partial charge in [0.2, 0.25) is 5.91 Å². The Labute approximate surface area is 213 Å². The minimum atomic E-state index is -0.442. The summed E-state index contributed by atoms with van der Waals surface area (Å²) in [6.07, 6.45) is 14.4. The second kappa shape index (κ2) is 21.1. The van der Waals surface area contributed by atoms with Crippen LogP contribution in [0.2, 0.25) is 0 Å². The molecule has 0 spiro atoms. The average molecular weight is 492 g/mol. The zero-order chi connectivity index (χ0) is 26.5. The summed E-state index contributed by atoms with van der Waals surface area (Å²) < 4.78 is 5.65. The van der Waals surface area contributed by atoms with Gasteiger partial charge in [0.05, 0.1) is 6.54 Å². The van der Waals surface area contributed by atoms with Crippen molar-refractivity contribution in [2.24, 2.45) is 5.92 Å². The fourth-order valence-electron chi connectivity index (χ4n) is 3.97. The van der Waals surface area contributed by atoms with E-state index in [2.05, 4.69) is 13.5 Å². The number of rotatable bonds is 22. The molecular weight excluding hydrogens is 442 g/mol. The van der Waals surface area contributed by atoms with Crippen molar-refractivity contribution in [1.82, 2.24) is 4.90 Å². The maximum Gasteiger partial charge on any atom is 0.306 e. The molecule has 0 rings (SSSR count). The highest BCUT2D eigenvalue weighted by Gasteiger charge is 2.23. The molecule has 0 aliphatic heterocycles. The van der Waals surface area contributed by atoms with E-state index in [9.17, 15) is 19.2 Å². The van der Waals surface area contributed by atoms with E-state index in [0.29, 0.717) is 25.9 Å². The molecule has 0 saturated heterocycles. The Hall–Kier alpha value is -2.24. The number of carbonyl (C=O) groups is 4. The summed E-state index contributed by atoms with van der Waals surface area (Å²) in [5.41, 5.74) is 0. The number of hydrogen-bond donors (Lipinski definition) is 0. The van der Waals surface area contributed by atoms with Crippen LogP contribution < -0.4 is 0 Å². The third-order valence-corrected chi connectivity index (χ3v) is 6.02. The predicted molar refractivity (Wildman–Crippen MR) is 142 cm³/mol. The monoisotopic (exact) mass is 491 g/mol. The van der Waals surface area contributed by atoms with Gasteiger partial charge in [0.1, 0.15) is 6.10 Å². The van der Waals surface area contributed by atoms with Gasteiger partial charge in [-0.1, -0.05) is 72.5 Å². The smallest absolute Gasteiger partial charge is 0.306 e. The number of carbonyl (C=O) groups excluding carboxylic acids is 4. The van der Waals surface area contributed by atoms with Crippen molar-refractivity contribution in [2.75, 3.05) is 13.1 Å². The average Bonchev–Trinajstić information content (AvgIpc) is 2.83. The standard InChI is InChI=1S/C29H49NO5/c1-6-11-12-13-14-15-16-17-18-26(32)21-24(20-25(31)8-3)22-29(34)35-27(9-4)23-30(19-7-2)28(33)10-5/h8,17-18,24,27H,3,6-7,9-16,19-23H2,1-2,4-5H3/b18-17-/t24?,27-/m1/s1. The topological polar surface area (TPSA) is 80.8 Å². The molecule has 0 aliphatic carbocycles. The summed E-state index contributed by atoms with van der Waals surface area (Å²) >= 11 is 0. The number of ketones is 2. The molecule has 6 heteroatoms. The quantitative estimate of drug-likeness (QED) is 0.0998. The number of amides is 1. The Balaban J connectivity index is 4.82. The summed E-state index contributed by atoms with van der Waals surface area (Å²) in [5.74, 6) is -1.11. The van der Waals surface area contributed by atoms with E-state index in [0.717, 1.165) is 19.3 Å². The molecule has 0 saturated carbocycles. The van der Waals surface area contributed by atoms with Crippen LogP contribution in [-0.4, -0.2) is 47.5 Å². The molecule has 0 aromatic carbocycles. The van der Waals surface area contributed by atoms with Crippen LogP contribution in [-0.2, 0) is 23.9 Å². The SMILES string of the molecule is C=CC(=O)CC(CC(=O)/C=C\CCCCCCCC)CC(=O)O[C@H](CC)CN(CCC)C(=O)CC. The Morgan fingerprint density at radius 3 is 2.11 bits per heavy atom. The zero-order valence-corrected chi connectivity index (χ0v) is 22.7. The van der Waals surface area contributed by atoms with E-state index >= 15 is 0 Å². The highest BCUT2D eigenvalue weighted by atomic mass is 16.5. The third kappa shape index (κ3) is 16.9. The van der Waals surface area contributed by atoms with Gasteiger partial charge in [0, 0.05) is 32.2 Å². The van der Waals surface area contributed by atoms with Crippen molar-refractivity contribution in [3.63, 3.8) is 0 Å². The van der Waals surface area contributed by atoms with E-state index in [1.165, 1.54) is 38.2 Å². The van der Waals surface area contributed by atoms with Crippen LogP contribution in [0.3, 0.4) is 0 Å². The van der Waals surface area contributed by atoms with Crippen molar-refractivity contribution in [2.45, 2.75) is 117 Å². The van der Waals surface area contributed by atoms with Gasteiger partial charge in [-0.25, -0.2) is 0 Å². The number of allylic oxidation sites excluding steroid dienone is 3. The maximum absolute atomic E-state index is 12.7. The zero-order valence-electron chi connectivity index (χ0n) is 22.7. The molecule has 200 valence electrons. The predicted octanol–water partition coefficient (Wildman–Crippen LogP) is 6.37.